The monoisotopic (exact) mass is 270 g/mol. The molecule has 18 heavy (non-hydrogen) atoms. The molecular weight excluding hydrogens is 251 g/mol. The van der Waals surface area contributed by atoms with Gasteiger partial charge in [0, 0.05) is 11.7 Å². The fourth-order valence-electron chi connectivity index (χ4n) is 2.30. The maximum absolute atomic E-state index is 14.0. The molecule has 1 fully saturated rings. The largest absolute Gasteiger partial charge is 0.494 e. The molecule has 2 rings (SSSR count). The van der Waals surface area contributed by atoms with Crippen LogP contribution in [0.2, 0.25) is 0 Å². The van der Waals surface area contributed by atoms with Crippen LogP contribution in [0.4, 0.5) is 4.39 Å². The first-order valence-electron chi connectivity index (χ1n) is 6.33. The third-order valence-corrected chi connectivity index (χ3v) is 4.84. The molecule has 2 unspecified atom stereocenters. The minimum absolute atomic E-state index is 0.240. The molecule has 0 aromatic heterocycles. The van der Waals surface area contributed by atoms with Crippen LogP contribution in [0.25, 0.3) is 0 Å². The van der Waals surface area contributed by atoms with E-state index in [0.29, 0.717) is 12.0 Å². The van der Waals surface area contributed by atoms with Crippen molar-refractivity contribution in [2.24, 2.45) is 0 Å². The van der Waals surface area contributed by atoms with Gasteiger partial charge >= 0.3 is 0 Å². The van der Waals surface area contributed by atoms with Gasteiger partial charge in [-0.25, -0.2) is 4.39 Å². The Morgan fingerprint density at radius 1 is 1.50 bits per heavy atom. The van der Waals surface area contributed by atoms with Crippen molar-refractivity contribution in [1.29, 1.82) is 0 Å². The Kier molecular flexibility index (Phi) is 4.89. The van der Waals surface area contributed by atoms with Crippen molar-refractivity contribution >= 4 is 11.8 Å². The van der Waals surface area contributed by atoms with Gasteiger partial charge in [-0.15, -0.1) is 0 Å². The number of ether oxygens (including phenoxy) is 1. The molecule has 0 amide bonds. The number of halogens is 1. The molecule has 0 spiro atoms. The lowest BCUT2D eigenvalue weighted by Crippen LogP contribution is -2.28. The number of aliphatic hydroxyl groups is 1. The second kappa shape index (κ2) is 6.43. The van der Waals surface area contributed by atoms with Gasteiger partial charge in [0.15, 0.2) is 11.6 Å². The molecule has 0 bridgehead atoms. The lowest BCUT2D eigenvalue weighted by Gasteiger charge is -2.26. The summed E-state index contributed by atoms with van der Waals surface area (Å²) < 4.78 is 18.9. The molecule has 1 aliphatic rings. The summed E-state index contributed by atoms with van der Waals surface area (Å²) in [6.07, 6.45) is 3.30. The van der Waals surface area contributed by atoms with Crippen molar-refractivity contribution in [2.75, 3.05) is 12.9 Å². The molecular formula is C14H19FO2S. The normalized spacial score (nSPS) is 21.6. The minimum atomic E-state index is -0.475. The SMILES string of the molecule is COc1cccc(CC(O)C2CCCCS2)c1F. The Morgan fingerprint density at radius 2 is 2.33 bits per heavy atom. The van der Waals surface area contributed by atoms with E-state index in [0.717, 1.165) is 18.6 Å². The van der Waals surface area contributed by atoms with E-state index in [1.165, 1.54) is 13.5 Å². The highest BCUT2D eigenvalue weighted by atomic mass is 32.2. The summed E-state index contributed by atoms with van der Waals surface area (Å²) in [7, 11) is 1.45. The van der Waals surface area contributed by atoms with Crippen LogP contribution in [0.1, 0.15) is 24.8 Å². The Balaban J connectivity index is 2.04. The first-order chi connectivity index (χ1) is 8.72. The molecule has 100 valence electrons. The molecule has 0 radical (unpaired) electrons. The second-order valence-corrected chi connectivity index (χ2v) is 5.96. The van der Waals surface area contributed by atoms with Crippen molar-refractivity contribution in [1.82, 2.24) is 0 Å². The van der Waals surface area contributed by atoms with Gasteiger partial charge < -0.3 is 9.84 Å². The van der Waals surface area contributed by atoms with Crippen molar-refractivity contribution in [3.63, 3.8) is 0 Å². The predicted octanol–water partition coefficient (Wildman–Crippen LogP) is 3.02. The molecule has 0 aliphatic carbocycles. The number of benzene rings is 1. The highest BCUT2D eigenvalue weighted by Crippen LogP contribution is 2.30. The van der Waals surface area contributed by atoms with Crippen LogP contribution in [-0.4, -0.2) is 29.3 Å². The zero-order valence-electron chi connectivity index (χ0n) is 10.6. The van der Waals surface area contributed by atoms with Gasteiger partial charge in [0.1, 0.15) is 0 Å². The quantitative estimate of drug-likeness (QED) is 0.912. The standard InChI is InChI=1S/C14H19FO2S/c1-17-12-6-4-5-10(14(12)15)9-11(16)13-7-2-3-8-18-13/h4-6,11,13,16H,2-3,7-9H2,1H3. The summed E-state index contributed by atoms with van der Waals surface area (Å²) in [4.78, 5) is 0. The summed E-state index contributed by atoms with van der Waals surface area (Å²) in [5, 5.41) is 10.4. The number of thioether (sulfide) groups is 1. The van der Waals surface area contributed by atoms with Gasteiger partial charge in [0.05, 0.1) is 13.2 Å². The summed E-state index contributed by atoms with van der Waals surface area (Å²) in [5.74, 6) is 0.998. The molecule has 1 heterocycles. The van der Waals surface area contributed by atoms with Gasteiger partial charge in [0.25, 0.3) is 0 Å². The molecule has 2 atom stereocenters. The Bertz CT molecular complexity index is 391. The minimum Gasteiger partial charge on any atom is -0.494 e. The van der Waals surface area contributed by atoms with E-state index in [4.69, 9.17) is 4.74 Å². The van der Waals surface area contributed by atoms with E-state index in [1.807, 2.05) is 0 Å². The highest BCUT2D eigenvalue weighted by Gasteiger charge is 2.23. The van der Waals surface area contributed by atoms with Crippen LogP contribution in [-0.2, 0) is 6.42 Å². The van der Waals surface area contributed by atoms with Crippen molar-refractivity contribution in [2.45, 2.75) is 37.0 Å². The van der Waals surface area contributed by atoms with Crippen LogP contribution in [0.15, 0.2) is 18.2 Å². The zero-order chi connectivity index (χ0) is 13.0. The number of hydrogen-bond acceptors (Lipinski definition) is 3. The van der Waals surface area contributed by atoms with Gasteiger partial charge in [-0.1, -0.05) is 18.6 Å². The second-order valence-electron chi connectivity index (χ2n) is 4.61. The molecule has 1 N–H and O–H groups in total. The van der Waals surface area contributed by atoms with Gasteiger partial charge in [-0.3, -0.25) is 0 Å². The summed E-state index contributed by atoms with van der Waals surface area (Å²) in [6.45, 7) is 0. The smallest absolute Gasteiger partial charge is 0.168 e. The number of methoxy groups -OCH3 is 1. The van der Waals surface area contributed by atoms with Crippen molar-refractivity contribution in [3.8, 4) is 5.75 Å². The van der Waals surface area contributed by atoms with Crippen LogP contribution in [0, 0.1) is 5.82 Å². The third kappa shape index (κ3) is 3.18. The topological polar surface area (TPSA) is 29.5 Å². The summed E-state index contributed by atoms with van der Waals surface area (Å²) >= 11 is 1.80. The van der Waals surface area contributed by atoms with E-state index in [1.54, 1.807) is 30.0 Å². The Morgan fingerprint density at radius 3 is 3.00 bits per heavy atom. The van der Waals surface area contributed by atoms with E-state index in [-0.39, 0.29) is 16.8 Å². The van der Waals surface area contributed by atoms with Gasteiger partial charge in [0.2, 0.25) is 0 Å². The highest BCUT2D eigenvalue weighted by molar-refractivity contribution is 8.00. The van der Waals surface area contributed by atoms with E-state index < -0.39 is 6.10 Å². The summed E-state index contributed by atoms with van der Waals surface area (Å²) in [5.41, 5.74) is 0.535. The van der Waals surface area contributed by atoms with Gasteiger partial charge in [-0.05, 0) is 30.2 Å². The first kappa shape index (κ1) is 13.7. The van der Waals surface area contributed by atoms with Crippen LogP contribution in [0.3, 0.4) is 0 Å². The third-order valence-electron chi connectivity index (χ3n) is 3.34. The first-order valence-corrected chi connectivity index (χ1v) is 7.38. The van der Waals surface area contributed by atoms with Crippen molar-refractivity contribution in [3.05, 3.63) is 29.6 Å². The lowest BCUT2D eigenvalue weighted by molar-refractivity contribution is 0.164. The average molecular weight is 270 g/mol. The molecule has 1 aliphatic heterocycles. The molecule has 1 saturated heterocycles. The number of hydrogen-bond donors (Lipinski definition) is 1. The van der Waals surface area contributed by atoms with Crippen LogP contribution < -0.4 is 4.74 Å². The number of aliphatic hydroxyl groups excluding tert-OH is 1. The van der Waals surface area contributed by atoms with E-state index in [9.17, 15) is 9.50 Å². The molecule has 1 aromatic carbocycles. The van der Waals surface area contributed by atoms with E-state index in [2.05, 4.69) is 0 Å². The Hall–Kier alpha value is -0.740. The summed E-state index contributed by atoms with van der Waals surface area (Å²) in [6, 6.07) is 5.08. The fraction of sp³-hybridized carbons (Fsp3) is 0.571. The van der Waals surface area contributed by atoms with Crippen LogP contribution >= 0.6 is 11.8 Å². The molecule has 1 aromatic rings. The van der Waals surface area contributed by atoms with E-state index >= 15 is 0 Å². The van der Waals surface area contributed by atoms with Crippen LogP contribution in [0.5, 0.6) is 5.75 Å². The van der Waals surface area contributed by atoms with Gasteiger partial charge in [-0.2, -0.15) is 11.8 Å². The lowest BCUT2D eigenvalue weighted by atomic mass is 10.0. The molecule has 2 nitrogen and oxygen atoms in total. The Labute approximate surface area is 112 Å². The average Bonchev–Trinajstić information content (AvgIpc) is 2.42. The zero-order valence-corrected chi connectivity index (χ0v) is 11.4. The maximum Gasteiger partial charge on any atom is 0.168 e. The predicted molar refractivity (Wildman–Crippen MR) is 72.8 cm³/mol. The van der Waals surface area contributed by atoms with Crippen molar-refractivity contribution < 1.29 is 14.2 Å². The maximum atomic E-state index is 14.0. The number of rotatable bonds is 4. The molecule has 4 heteroatoms. The fourth-order valence-corrected chi connectivity index (χ4v) is 3.62. The molecule has 0 saturated carbocycles.